The van der Waals surface area contributed by atoms with Crippen LogP contribution in [0.3, 0.4) is 0 Å². The molecule has 0 aromatic rings. The first-order valence-electron chi connectivity index (χ1n) is 12.0. The van der Waals surface area contributed by atoms with Gasteiger partial charge in [0.15, 0.2) is 0 Å². The summed E-state index contributed by atoms with van der Waals surface area (Å²) in [5.74, 6) is 0.264. The number of methoxy groups -OCH3 is 2. The van der Waals surface area contributed by atoms with Gasteiger partial charge in [-0.25, -0.2) is 0 Å². The number of esters is 2. The Morgan fingerprint density at radius 3 is 1.81 bits per heavy atom. The van der Waals surface area contributed by atoms with Crippen molar-refractivity contribution < 1.29 is 23.9 Å². The third-order valence-electron chi connectivity index (χ3n) is 7.16. The van der Waals surface area contributed by atoms with Crippen LogP contribution in [-0.2, 0) is 23.9 Å². The van der Waals surface area contributed by atoms with Gasteiger partial charge in [0.1, 0.15) is 6.29 Å². The van der Waals surface area contributed by atoms with Crippen LogP contribution in [0.1, 0.15) is 80.1 Å². The average molecular weight is 449 g/mol. The van der Waals surface area contributed by atoms with Gasteiger partial charge in [-0.1, -0.05) is 79.0 Å². The van der Waals surface area contributed by atoms with E-state index in [0.29, 0.717) is 5.92 Å². The van der Waals surface area contributed by atoms with Crippen molar-refractivity contribution in [3.8, 4) is 0 Å². The number of rotatable bonds is 11. The van der Waals surface area contributed by atoms with Gasteiger partial charge >= 0.3 is 11.9 Å². The zero-order valence-corrected chi connectivity index (χ0v) is 21.4. The molecule has 0 amide bonds. The molecule has 5 heteroatoms. The highest BCUT2D eigenvalue weighted by molar-refractivity contribution is 5.80. The molecule has 2 aliphatic carbocycles. The lowest BCUT2D eigenvalue weighted by molar-refractivity contribution is -0.144. The zero-order valence-electron chi connectivity index (χ0n) is 21.4. The predicted molar refractivity (Wildman–Crippen MR) is 128 cm³/mol. The standard InChI is InChI=1S/C14H22O3.C13H22O2/c1-5-6-7-10(9-15)8-11-12(13(16)17-4)14(11,2)3;1-5-6-7-8-9-10-11(12(14)15-4)13(10,2)3/h8-9,11-12H,5-7H2,1-4H3;8-11H,5-7H2,1-4H3/b10-8+;. The van der Waals surface area contributed by atoms with Gasteiger partial charge in [0.2, 0.25) is 0 Å². The SMILES string of the molecule is CCCC/C(C=O)=C\C1C(C(=O)OC)C1(C)C.CCCCC=CC1C(C(=O)OC)C1(C)C. The second-order valence-corrected chi connectivity index (χ2v) is 10.2. The van der Waals surface area contributed by atoms with E-state index in [-0.39, 0.29) is 40.5 Å². The van der Waals surface area contributed by atoms with Gasteiger partial charge in [-0.3, -0.25) is 14.4 Å². The van der Waals surface area contributed by atoms with Crippen LogP contribution in [-0.4, -0.2) is 32.4 Å². The second kappa shape index (κ2) is 12.4. The van der Waals surface area contributed by atoms with Crippen molar-refractivity contribution >= 4 is 18.2 Å². The molecule has 0 N–H and O–H groups in total. The number of unbranched alkanes of at least 4 members (excludes halogenated alkanes) is 3. The molecule has 0 spiro atoms. The number of ether oxygens (including phenoxy) is 2. The maximum Gasteiger partial charge on any atom is 0.309 e. The van der Waals surface area contributed by atoms with Crippen molar-refractivity contribution in [2.45, 2.75) is 80.1 Å². The van der Waals surface area contributed by atoms with E-state index in [1.807, 2.05) is 19.9 Å². The molecule has 0 heterocycles. The van der Waals surface area contributed by atoms with Crippen LogP contribution in [0.4, 0.5) is 0 Å². The van der Waals surface area contributed by atoms with Crippen LogP contribution >= 0.6 is 0 Å². The first-order valence-corrected chi connectivity index (χ1v) is 12.0. The molecule has 182 valence electrons. The highest BCUT2D eigenvalue weighted by atomic mass is 16.5. The molecule has 2 aliphatic rings. The van der Waals surface area contributed by atoms with Crippen LogP contribution in [0, 0.1) is 34.5 Å². The largest absolute Gasteiger partial charge is 0.469 e. The molecule has 0 aromatic heterocycles. The minimum absolute atomic E-state index is 0.0647. The molecule has 0 saturated heterocycles. The lowest BCUT2D eigenvalue weighted by Gasteiger charge is -2.00. The minimum Gasteiger partial charge on any atom is -0.469 e. The van der Waals surface area contributed by atoms with Crippen LogP contribution < -0.4 is 0 Å². The Morgan fingerprint density at radius 1 is 0.844 bits per heavy atom. The molecule has 2 saturated carbocycles. The van der Waals surface area contributed by atoms with Gasteiger partial charge in [-0.2, -0.15) is 0 Å². The van der Waals surface area contributed by atoms with E-state index in [0.717, 1.165) is 37.5 Å². The summed E-state index contributed by atoms with van der Waals surface area (Å²) < 4.78 is 9.57. The quantitative estimate of drug-likeness (QED) is 0.129. The summed E-state index contributed by atoms with van der Waals surface area (Å²) in [4.78, 5) is 33.9. The molecule has 4 unspecified atom stereocenters. The molecule has 0 aromatic carbocycles. The number of hydrogen-bond donors (Lipinski definition) is 0. The summed E-state index contributed by atoms with van der Waals surface area (Å²) in [5.41, 5.74) is 0.833. The summed E-state index contributed by atoms with van der Waals surface area (Å²) in [6, 6.07) is 0. The predicted octanol–water partition coefficient (Wildman–Crippen LogP) is 5.93. The van der Waals surface area contributed by atoms with Crippen molar-refractivity contribution in [2.75, 3.05) is 14.2 Å². The molecule has 2 rings (SSSR count). The highest BCUT2D eigenvalue weighted by Gasteiger charge is 2.61. The third-order valence-corrected chi connectivity index (χ3v) is 7.16. The molecule has 32 heavy (non-hydrogen) atoms. The summed E-state index contributed by atoms with van der Waals surface area (Å²) in [5, 5.41) is 0. The van der Waals surface area contributed by atoms with Crippen LogP contribution in [0.25, 0.3) is 0 Å². The summed E-state index contributed by atoms with van der Waals surface area (Å²) >= 11 is 0. The van der Waals surface area contributed by atoms with Crippen molar-refractivity contribution in [3.05, 3.63) is 23.8 Å². The van der Waals surface area contributed by atoms with E-state index >= 15 is 0 Å². The number of hydrogen-bond acceptors (Lipinski definition) is 5. The smallest absolute Gasteiger partial charge is 0.309 e. The maximum absolute atomic E-state index is 11.5. The second-order valence-electron chi connectivity index (χ2n) is 10.2. The van der Waals surface area contributed by atoms with Gasteiger partial charge < -0.3 is 9.47 Å². The van der Waals surface area contributed by atoms with Gasteiger partial charge in [0, 0.05) is 0 Å². The Balaban J connectivity index is 0.000000323. The molecule has 0 radical (unpaired) electrons. The van der Waals surface area contributed by atoms with Crippen molar-refractivity contribution in [2.24, 2.45) is 34.5 Å². The van der Waals surface area contributed by atoms with E-state index < -0.39 is 0 Å². The summed E-state index contributed by atoms with van der Waals surface area (Å²) in [6.45, 7) is 12.6. The van der Waals surface area contributed by atoms with Crippen molar-refractivity contribution in [3.63, 3.8) is 0 Å². The Bertz CT molecular complexity index is 701. The average Bonchev–Trinajstić information content (AvgIpc) is 3.53. The van der Waals surface area contributed by atoms with E-state index in [4.69, 9.17) is 9.47 Å². The van der Waals surface area contributed by atoms with E-state index in [1.54, 1.807) is 0 Å². The highest BCUT2D eigenvalue weighted by Crippen LogP contribution is 2.60. The van der Waals surface area contributed by atoms with Crippen LogP contribution in [0.5, 0.6) is 0 Å². The lowest BCUT2D eigenvalue weighted by atomic mass is 10.0. The fraction of sp³-hybridized carbons (Fsp3) is 0.741. The van der Waals surface area contributed by atoms with Gasteiger partial charge in [0.05, 0.1) is 26.1 Å². The molecule has 0 bridgehead atoms. The Hall–Kier alpha value is -1.91. The lowest BCUT2D eigenvalue weighted by Crippen LogP contribution is -2.07. The third kappa shape index (κ3) is 7.05. The van der Waals surface area contributed by atoms with Crippen LogP contribution in [0.15, 0.2) is 23.8 Å². The van der Waals surface area contributed by atoms with Crippen molar-refractivity contribution in [1.29, 1.82) is 0 Å². The number of aldehydes is 1. The fourth-order valence-corrected chi connectivity index (χ4v) is 4.54. The molecule has 0 aliphatic heterocycles. The molecular weight excluding hydrogens is 404 g/mol. The fourth-order valence-electron chi connectivity index (χ4n) is 4.54. The topological polar surface area (TPSA) is 69.7 Å². The number of allylic oxidation sites excluding steroid dienone is 4. The monoisotopic (exact) mass is 448 g/mol. The normalized spacial score (nSPS) is 27.2. The molecule has 4 atom stereocenters. The van der Waals surface area contributed by atoms with E-state index in [2.05, 4.69) is 39.8 Å². The van der Waals surface area contributed by atoms with Gasteiger partial charge in [-0.15, -0.1) is 0 Å². The first-order chi connectivity index (χ1) is 15.0. The Morgan fingerprint density at radius 2 is 1.34 bits per heavy atom. The number of carbonyl (C=O) groups is 3. The molecule has 2 fully saturated rings. The first kappa shape index (κ1) is 28.1. The molecule has 5 nitrogen and oxygen atoms in total. The maximum atomic E-state index is 11.5. The summed E-state index contributed by atoms with van der Waals surface area (Å²) in [6.07, 6.45) is 13.7. The van der Waals surface area contributed by atoms with Crippen LogP contribution in [0.2, 0.25) is 0 Å². The zero-order chi connectivity index (χ0) is 24.5. The summed E-state index contributed by atoms with van der Waals surface area (Å²) in [7, 11) is 2.88. The van der Waals surface area contributed by atoms with Crippen molar-refractivity contribution in [1.82, 2.24) is 0 Å². The van der Waals surface area contributed by atoms with Gasteiger partial charge in [0.25, 0.3) is 0 Å². The van der Waals surface area contributed by atoms with E-state index in [1.165, 1.54) is 27.1 Å². The Kier molecular flexibility index (Phi) is 10.9. The van der Waals surface area contributed by atoms with E-state index in [9.17, 15) is 14.4 Å². The minimum atomic E-state index is -0.169. The number of carbonyl (C=O) groups excluding carboxylic acids is 3. The molecular formula is C27H44O5. The van der Waals surface area contributed by atoms with Gasteiger partial charge in [-0.05, 0) is 47.5 Å². The Labute approximate surface area is 195 Å².